The molecule has 0 spiro atoms. The normalized spacial score (nSPS) is 10.9. The van der Waals surface area contributed by atoms with Gasteiger partial charge in [0.2, 0.25) is 17.7 Å². The Morgan fingerprint density at radius 3 is 2.75 bits per heavy atom. The summed E-state index contributed by atoms with van der Waals surface area (Å²) >= 11 is 0. The average molecular weight is 320 g/mol. The first-order valence-electron chi connectivity index (χ1n) is 7.47. The molecule has 0 fully saturated rings. The van der Waals surface area contributed by atoms with E-state index in [1.165, 1.54) is 6.08 Å². The Hall–Kier alpha value is -3.28. The van der Waals surface area contributed by atoms with Crippen molar-refractivity contribution in [3.05, 3.63) is 71.9 Å². The van der Waals surface area contributed by atoms with Gasteiger partial charge in [-0.3, -0.25) is 9.78 Å². The molecule has 0 saturated carbocycles. The second-order valence-electron chi connectivity index (χ2n) is 5.15. The predicted molar refractivity (Wildman–Crippen MR) is 89.6 cm³/mol. The largest absolute Gasteiger partial charge is 0.419 e. The first kappa shape index (κ1) is 15.6. The highest BCUT2D eigenvalue weighted by molar-refractivity contribution is 5.91. The molecule has 2 aromatic heterocycles. The van der Waals surface area contributed by atoms with Crippen molar-refractivity contribution in [2.75, 3.05) is 0 Å². The fourth-order valence-electron chi connectivity index (χ4n) is 1.99. The molecule has 24 heavy (non-hydrogen) atoms. The number of pyridine rings is 1. The molecule has 0 unspecified atom stereocenters. The Labute approximate surface area is 139 Å². The number of benzene rings is 1. The fraction of sp³-hybridized carbons (Fsp3) is 0.111. The van der Waals surface area contributed by atoms with Gasteiger partial charge in [-0.2, -0.15) is 0 Å². The minimum Gasteiger partial charge on any atom is -0.419 e. The number of aryl methyl sites for hydroxylation is 1. The van der Waals surface area contributed by atoms with Gasteiger partial charge in [-0.25, -0.2) is 0 Å². The van der Waals surface area contributed by atoms with Crippen LogP contribution in [0.3, 0.4) is 0 Å². The number of aromatic nitrogens is 3. The Morgan fingerprint density at radius 1 is 1.17 bits per heavy atom. The molecule has 0 radical (unpaired) electrons. The van der Waals surface area contributed by atoms with Crippen molar-refractivity contribution in [2.24, 2.45) is 0 Å². The summed E-state index contributed by atoms with van der Waals surface area (Å²) in [7, 11) is 0. The van der Waals surface area contributed by atoms with E-state index in [0.29, 0.717) is 11.8 Å². The van der Waals surface area contributed by atoms with Gasteiger partial charge in [0, 0.05) is 18.0 Å². The number of nitrogens with zero attached hydrogens (tertiary/aromatic N) is 3. The van der Waals surface area contributed by atoms with Gasteiger partial charge >= 0.3 is 0 Å². The zero-order valence-corrected chi connectivity index (χ0v) is 13.1. The van der Waals surface area contributed by atoms with Crippen molar-refractivity contribution in [3.8, 4) is 11.5 Å². The highest BCUT2D eigenvalue weighted by Crippen LogP contribution is 2.16. The molecule has 0 bridgehead atoms. The number of hydrogen-bond acceptors (Lipinski definition) is 5. The van der Waals surface area contributed by atoms with Crippen molar-refractivity contribution in [1.29, 1.82) is 0 Å². The summed E-state index contributed by atoms with van der Waals surface area (Å²) in [5.74, 6) is 0.495. The average Bonchev–Trinajstić information content (AvgIpc) is 3.09. The minimum absolute atomic E-state index is 0.171. The zero-order valence-electron chi connectivity index (χ0n) is 13.1. The van der Waals surface area contributed by atoms with Crippen LogP contribution in [-0.2, 0) is 11.3 Å². The number of rotatable bonds is 5. The Bertz CT molecular complexity index is 839. The van der Waals surface area contributed by atoms with Gasteiger partial charge < -0.3 is 9.73 Å². The lowest BCUT2D eigenvalue weighted by atomic mass is 10.2. The lowest BCUT2D eigenvalue weighted by Gasteiger charge is -1.98. The number of carbonyl (C=O) groups is 1. The number of carbonyl (C=O) groups excluding carboxylic acids is 1. The van der Waals surface area contributed by atoms with Crippen molar-refractivity contribution in [3.63, 3.8) is 0 Å². The molecular weight excluding hydrogens is 304 g/mol. The highest BCUT2D eigenvalue weighted by Gasteiger charge is 2.09. The summed E-state index contributed by atoms with van der Waals surface area (Å²) in [6.45, 7) is 2.08. The first-order valence-corrected chi connectivity index (χ1v) is 7.47. The summed E-state index contributed by atoms with van der Waals surface area (Å²) < 4.78 is 5.52. The molecule has 1 aromatic carbocycles. The van der Waals surface area contributed by atoms with Crippen LogP contribution < -0.4 is 5.32 Å². The molecule has 6 nitrogen and oxygen atoms in total. The van der Waals surface area contributed by atoms with Crippen LogP contribution in [0.25, 0.3) is 17.5 Å². The first-order chi connectivity index (χ1) is 11.7. The van der Waals surface area contributed by atoms with Gasteiger partial charge in [-0.15, -0.1) is 10.2 Å². The van der Waals surface area contributed by atoms with Gasteiger partial charge in [0.1, 0.15) is 0 Å². The van der Waals surface area contributed by atoms with Crippen LogP contribution in [0.4, 0.5) is 0 Å². The Kier molecular flexibility index (Phi) is 4.76. The molecule has 1 N–H and O–H groups in total. The standard InChI is InChI=1S/C18H16N4O2/c1-13-7-9-15(11-19-13)18-22-21-17(24-18)12-20-16(23)10-8-14-5-3-2-4-6-14/h2-11H,12H2,1H3,(H,20,23)/b10-8+. The van der Waals surface area contributed by atoms with E-state index in [1.807, 2.05) is 49.4 Å². The second-order valence-corrected chi connectivity index (χ2v) is 5.15. The third kappa shape index (κ3) is 4.13. The van der Waals surface area contributed by atoms with E-state index in [1.54, 1.807) is 12.3 Å². The van der Waals surface area contributed by atoms with Gasteiger partial charge in [0.25, 0.3) is 0 Å². The predicted octanol–water partition coefficient (Wildman–Crippen LogP) is 2.77. The van der Waals surface area contributed by atoms with Crippen LogP contribution in [0.2, 0.25) is 0 Å². The second kappa shape index (κ2) is 7.32. The molecule has 0 atom stereocenters. The van der Waals surface area contributed by atoms with Crippen molar-refractivity contribution in [2.45, 2.75) is 13.5 Å². The molecule has 1 amide bonds. The van der Waals surface area contributed by atoms with Gasteiger partial charge in [-0.1, -0.05) is 30.3 Å². The van der Waals surface area contributed by atoms with Gasteiger partial charge in [-0.05, 0) is 30.7 Å². The number of hydrogen-bond donors (Lipinski definition) is 1. The maximum absolute atomic E-state index is 11.8. The molecule has 0 aliphatic heterocycles. The van der Waals surface area contributed by atoms with Crippen LogP contribution in [0.15, 0.2) is 59.2 Å². The lowest BCUT2D eigenvalue weighted by molar-refractivity contribution is -0.116. The summed E-state index contributed by atoms with van der Waals surface area (Å²) in [5, 5.41) is 10.6. The van der Waals surface area contributed by atoms with E-state index in [-0.39, 0.29) is 12.5 Å². The summed E-state index contributed by atoms with van der Waals surface area (Å²) in [4.78, 5) is 16.0. The van der Waals surface area contributed by atoms with Gasteiger partial charge in [0.05, 0.1) is 12.1 Å². The minimum atomic E-state index is -0.226. The smallest absolute Gasteiger partial charge is 0.249 e. The van der Waals surface area contributed by atoms with E-state index in [4.69, 9.17) is 4.42 Å². The van der Waals surface area contributed by atoms with E-state index in [2.05, 4.69) is 20.5 Å². The third-order valence-electron chi connectivity index (χ3n) is 3.27. The molecule has 0 aliphatic rings. The molecule has 2 heterocycles. The maximum Gasteiger partial charge on any atom is 0.249 e. The van der Waals surface area contributed by atoms with Crippen molar-refractivity contribution in [1.82, 2.24) is 20.5 Å². The van der Waals surface area contributed by atoms with Crippen LogP contribution in [-0.4, -0.2) is 21.1 Å². The van der Waals surface area contributed by atoms with Crippen LogP contribution in [0, 0.1) is 6.92 Å². The van der Waals surface area contributed by atoms with E-state index in [9.17, 15) is 4.79 Å². The van der Waals surface area contributed by atoms with E-state index >= 15 is 0 Å². The number of nitrogens with one attached hydrogen (secondary N) is 1. The molecule has 0 saturated heterocycles. The van der Waals surface area contributed by atoms with Gasteiger partial charge in [0.15, 0.2) is 0 Å². The van der Waals surface area contributed by atoms with E-state index in [0.717, 1.165) is 16.8 Å². The fourth-order valence-corrected chi connectivity index (χ4v) is 1.99. The summed E-state index contributed by atoms with van der Waals surface area (Å²) in [6, 6.07) is 13.3. The van der Waals surface area contributed by atoms with Crippen molar-refractivity contribution >= 4 is 12.0 Å². The zero-order chi connectivity index (χ0) is 16.8. The monoisotopic (exact) mass is 320 g/mol. The molecule has 120 valence electrons. The molecule has 3 aromatic rings. The number of amides is 1. The van der Waals surface area contributed by atoms with Crippen LogP contribution in [0.5, 0.6) is 0 Å². The Balaban J connectivity index is 1.56. The maximum atomic E-state index is 11.8. The highest BCUT2D eigenvalue weighted by atomic mass is 16.4. The topological polar surface area (TPSA) is 80.9 Å². The quantitative estimate of drug-likeness (QED) is 0.731. The molecular formula is C18H16N4O2. The summed E-state index contributed by atoms with van der Waals surface area (Å²) in [6.07, 6.45) is 4.89. The molecule has 3 rings (SSSR count). The van der Waals surface area contributed by atoms with E-state index < -0.39 is 0 Å². The summed E-state index contributed by atoms with van der Waals surface area (Å²) in [5.41, 5.74) is 2.62. The third-order valence-corrected chi connectivity index (χ3v) is 3.27. The lowest BCUT2D eigenvalue weighted by Crippen LogP contribution is -2.20. The SMILES string of the molecule is Cc1ccc(-c2nnc(CNC(=O)/C=C/c3ccccc3)o2)cn1. The molecule has 0 aliphatic carbocycles. The molecule has 6 heteroatoms. The van der Waals surface area contributed by atoms with Crippen LogP contribution in [0.1, 0.15) is 17.1 Å². The van der Waals surface area contributed by atoms with Crippen LogP contribution >= 0.6 is 0 Å². The van der Waals surface area contributed by atoms with Crippen molar-refractivity contribution < 1.29 is 9.21 Å². The Morgan fingerprint density at radius 2 is 2.00 bits per heavy atom.